The number of phenolic OH excluding ortho intramolecular Hbond substituents is 1. The average molecular weight is 490 g/mol. The summed E-state index contributed by atoms with van der Waals surface area (Å²) in [6.45, 7) is 7.90. The number of aryl methyl sites for hydroxylation is 1. The van der Waals surface area contributed by atoms with Gasteiger partial charge >= 0.3 is 0 Å². The minimum absolute atomic E-state index is 0.141. The van der Waals surface area contributed by atoms with Crippen LogP contribution in [-0.4, -0.2) is 42.0 Å². The number of fused-ring (bicyclic) bond motifs is 1. The fraction of sp³-hybridized carbons (Fsp3) is 0.276. The van der Waals surface area contributed by atoms with Gasteiger partial charge < -0.3 is 9.84 Å². The van der Waals surface area contributed by atoms with E-state index in [4.69, 9.17) is 4.74 Å². The van der Waals surface area contributed by atoms with Gasteiger partial charge in [0.15, 0.2) is 0 Å². The number of phenols is 1. The van der Waals surface area contributed by atoms with Crippen molar-refractivity contribution >= 4 is 27.2 Å². The topological polar surface area (TPSA) is 49.8 Å². The summed E-state index contributed by atoms with van der Waals surface area (Å²) in [6, 6.07) is 17.1. The van der Waals surface area contributed by atoms with Crippen LogP contribution in [-0.2, 0) is 0 Å². The van der Waals surface area contributed by atoms with E-state index < -0.39 is 5.82 Å². The van der Waals surface area contributed by atoms with E-state index in [0.717, 1.165) is 58.1 Å². The molecule has 1 aliphatic heterocycles. The zero-order chi connectivity index (χ0) is 24.5. The molecule has 3 aromatic carbocycles. The molecule has 1 aliphatic rings. The van der Waals surface area contributed by atoms with Crippen molar-refractivity contribution in [2.24, 2.45) is 5.92 Å². The van der Waals surface area contributed by atoms with Gasteiger partial charge in [0.05, 0.1) is 4.88 Å². The molecule has 6 heteroatoms. The Morgan fingerprint density at radius 2 is 1.94 bits per heavy atom. The second kappa shape index (κ2) is 9.80. The average Bonchev–Trinajstić information content (AvgIpc) is 3.43. The number of nitrogens with zero attached hydrogens (tertiary/aromatic N) is 1. The van der Waals surface area contributed by atoms with Crippen molar-refractivity contribution in [2.75, 3.05) is 26.2 Å². The van der Waals surface area contributed by atoms with Crippen molar-refractivity contribution in [3.63, 3.8) is 0 Å². The van der Waals surface area contributed by atoms with Gasteiger partial charge in [-0.2, -0.15) is 0 Å². The predicted octanol–water partition coefficient (Wildman–Crippen LogP) is 6.67. The van der Waals surface area contributed by atoms with Gasteiger partial charge in [-0.25, -0.2) is 4.39 Å². The lowest BCUT2D eigenvalue weighted by molar-refractivity contribution is 0.104. The third-order valence-corrected chi connectivity index (χ3v) is 7.80. The monoisotopic (exact) mass is 489 g/mol. The molecule has 0 saturated carbocycles. The highest BCUT2D eigenvalue weighted by Crippen LogP contribution is 2.42. The largest absolute Gasteiger partial charge is 0.508 e. The Balaban J connectivity index is 1.45. The first kappa shape index (κ1) is 23.5. The normalized spacial score (nSPS) is 16.1. The highest BCUT2D eigenvalue weighted by atomic mass is 32.1. The zero-order valence-corrected chi connectivity index (χ0v) is 20.7. The fourth-order valence-corrected chi connectivity index (χ4v) is 5.94. The maximum atomic E-state index is 14.0. The van der Waals surface area contributed by atoms with Crippen molar-refractivity contribution < 1.29 is 19.0 Å². The molecule has 4 aromatic rings. The first-order valence-electron chi connectivity index (χ1n) is 11.9. The van der Waals surface area contributed by atoms with Crippen molar-refractivity contribution in [3.05, 3.63) is 82.5 Å². The van der Waals surface area contributed by atoms with Gasteiger partial charge in [0, 0.05) is 34.3 Å². The number of rotatable bonds is 7. The van der Waals surface area contributed by atoms with Crippen molar-refractivity contribution in [3.8, 4) is 22.6 Å². The molecule has 0 unspecified atom stereocenters. The summed E-state index contributed by atoms with van der Waals surface area (Å²) in [7, 11) is 0. The molecular formula is C29H28FNO3S. The Hall–Kier alpha value is -3.22. The summed E-state index contributed by atoms with van der Waals surface area (Å²) in [5.41, 5.74) is 2.73. The molecule has 0 spiro atoms. The van der Waals surface area contributed by atoms with Crippen LogP contribution >= 0.6 is 11.3 Å². The molecule has 1 saturated heterocycles. The van der Waals surface area contributed by atoms with Crippen molar-refractivity contribution in [1.29, 1.82) is 0 Å². The summed E-state index contributed by atoms with van der Waals surface area (Å²) in [5, 5.41) is 10.9. The molecule has 0 bridgehead atoms. The van der Waals surface area contributed by atoms with Crippen LogP contribution in [0.5, 0.6) is 11.5 Å². The van der Waals surface area contributed by atoms with Gasteiger partial charge in [-0.3, -0.25) is 9.69 Å². The van der Waals surface area contributed by atoms with Gasteiger partial charge in [-0.1, -0.05) is 25.1 Å². The minimum Gasteiger partial charge on any atom is -0.508 e. The molecule has 0 amide bonds. The lowest BCUT2D eigenvalue weighted by Crippen LogP contribution is -2.25. The van der Waals surface area contributed by atoms with E-state index >= 15 is 0 Å². The number of hydrogen-bond donors (Lipinski definition) is 1. The van der Waals surface area contributed by atoms with Crippen LogP contribution < -0.4 is 4.74 Å². The number of carbonyl (C=O) groups excluding carboxylic acids is 1. The van der Waals surface area contributed by atoms with Crippen molar-refractivity contribution in [2.45, 2.75) is 20.3 Å². The SMILES string of the molecule is Cc1ccc(F)cc1C(=O)c1sc2cc(O)ccc2c1-c1ccc(OCCN2CC[C@@H](C)C2)cc1. The fourth-order valence-electron chi connectivity index (χ4n) is 4.73. The highest BCUT2D eigenvalue weighted by Gasteiger charge is 2.23. The molecule has 1 fully saturated rings. The molecule has 0 aliphatic carbocycles. The Labute approximate surface area is 208 Å². The summed E-state index contributed by atoms with van der Waals surface area (Å²) in [4.78, 5) is 16.5. The Bertz CT molecular complexity index is 1380. The van der Waals surface area contributed by atoms with E-state index in [1.54, 1.807) is 25.1 Å². The number of carbonyl (C=O) groups is 1. The van der Waals surface area contributed by atoms with E-state index in [-0.39, 0.29) is 11.5 Å². The zero-order valence-electron chi connectivity index (χ0n) is 19.9. The van der Waals surface area contributed by atoms with E-state index in [0.29, 0.717) is 17.0 Å². The molecule has 1 atom stereocenters. The predicted molar refractivity (Wildman–Crippen MR) is 139 cm³/mol. The molecular weight excluding hydrogens is 461 g/mol. The lowest BCUT2D eigenvalue weighted by Gasteiger charge is -2.15. The first-order valence-corrected chi connectivity index (χ1v) is 12.7. The van der Waals surface area contributed by atoms with Crippen LogP contribution in [0.4, 0.5) is 4.39 Å². The molecule has 0 radical (unpaired) electrons. The number of ketones is 1. The third kappa shape index (κ3) is 4.95. The smallest absolute Gasteiger partial charge is 0.203 e. The van der Waals surface area contributed by atoms with Crippen LogP contribution in [0, 0.1) is 18.7 Å². The van der Waals surface area contributed by atoms with Gasteiger partial charge in [0.25, 0.3) is 0 Å². The van der Waals surface area contributed by atoms with Crippen LogP contribution in [0.15, 0.2) is 60.7 Å². The molecule has 4 nitrogen and oxygen atoms in total. The second-order valence-corrected chi connectivity index (χ2v) is 10.4. The van der Waals surface area contributed by atoms with Crippen molar-refractivity contribution in [1.82, 2.24) is 4.90 Å². The van der Waals surface area contributed by atoms with Gasteiger partial charge in [-0.15, -0.1) is 11.3 Å². The van der Waals surface area contributed by atoms with Gasteiger partial charge in [0.2, 0.25) is 5.78 Å². The second-order valence-electron chi connectivity index (χ2n) is 9.34. The van der Waals surface area contributed by atoms with Crippen LogP contribution in [0.1, 0.15) is 34.1 Å². The van der Waals surface area contributed by atoms with E-state index in [9.17, 15) is 14.3 Å². The Morgan fingerprint density at radius 3 is 2.69 bits per heavy atom. The molecule has 1 N–H and O–H groups in total. The number of thiophene rings is 1. The van der Waals surface area contributed by atoms with E-state index in [1.807, 2.05) is 30.3 Å². The quantitative estimate of drug-likeness (QED) is 0.295. The van der Waals surface area contributed by atoms with E-state index in [1.165, 1.54) is 29.9 Å². The summed E-state index contributed by atoms with van der Waals surface area (Å²) in [6.07, 6.45) is 1.25. The summed E-state index contributed by atoms with van der Waals surface area (Å²) < 4.78 is 20.7. The van der Waals surface area contributed by atoms with Gasteiger partial charge in [-0.05, 0) is 79.4 Å². The standard InChI is InChI=1S/C29H28FNO3S/c1-18-11-12-31(17-18)13-14-34-23-8-4-20(5-9-23)27-24-10-7-22(32)16-26(24)35-29(27)28(33)25-15-21(30)6-3-19(25)2/h3-10,15-16,18,32H,11-14,17H2,1-2H3/t18-/m1/s1. The number of benzene rings is 3. The first-order chi connectivity index (χ1) is 16.9. The van der Waals surface area contributed by atoms with Gasteiger partial charge in [0.1, 0.15) is 23.9 Å². The van der Waals surface area contributed by atoms with Crippen LogP contribution in [0.25, 0.3) is 21.2 Å². The number of ether oxygens (including phenoxy) is 1. The minimum atomic E-state index is -0.441. The molecule has 1 aromatic heterocycles. The maximum Gasteiger partial charge on any atom is 0.203 e. The maximum absolute atomic E-state index is 14.0. The van der Waals surface area contributed by atoms with E-state index in [2.05, 4.69) is 11.8 Å². The molecule has 5 rings (SSSR count). The van der Waals surface area contributed by atoms with Crippen LogP contribution in [0.2, 0.25) is 0 Å². The number of hydrogen-bond acceptors (Lipinski definition) is 5. The number of aromatic hydroxyl groups is 1. The van der Waals surface area contributed by atoms with Crippen LogP contribution in [0.3, 0.4) is 0 Å². The highest BCUT2D eigenvalue weighted by molar-refractivity contribution is 7.21. The lowest BCUT2D eigenvalue weighted by atomic mass is 9.96. The molecule has 180 valence electrons. The number of halogens is 1. The molecule has 35 heavy (non-hydrogen) atoms. The third-order valence-electron chi connectivity index (χ3n) is 6.65. The molecule has 2 heterocycles. The summed E-state index contributed by atoms with van der Waals surface area (Å²) in [5.74, 6) is 1.01. The number of likely N-dealkylation sites (tertiary alicyclic amines) is 1. The Morgan fingerprint density at radius 1 is 1.14 bits per heavy atom. The summed E-state index contributed by atoms with van der Waals surface area (Å²) >= 11 is 1.31. The Kier molecular flexibility index (Phi) is 6.58.